The first-order valence-corrected chi connectivity index (χ1v) is 5.99. The van der Waals surface area contributed by atoms with Gasteiger partial charge in [-0.15, -0.1) is 0 Å². The van der Waals surface area contributed by atoms with Gasteiger partial charge in [0.05, 0.1) is 0 Å². The van der Waals surface area contributed by atoms with Crippen molar-refractivity contribution in [3.05, 3.63) is 35.5 Å². The van der Waals surface area contributed by atoms with Gasteiger partial charge in [0.1, 0.15) is 0 Å². The van der Waals surface area contributed by atoms with Crippen molar-refractivity contribution < 1.29 is 9.59 Å². The zero-order valence-electron chi connectivity index (χ0n) is 10.3. The molecule has 4 heteroatoms. The van der Waals surface area contributed by atoms with Crippen molar-refractivity contribution in [3.63, 3.8) is 0 Å². The molecule has 4 nitrogen and oxygen atoms in total. The van der Waals surface area contributed by atoms with Gasteiger partial charge in [-0.3, -0.25) is 0 Å². The summed E-state index contributed by atoms with van der Waals surface area (Å²) in [4.78, 5) is 16.2. The van der Waals surface area contributed by atoms with Crippen molar-refractivity contribution in [2.45, 2.75) is 25.3 Å². The summed E-state index contributed by atoms with van der Waals surface area (Å²) >= 11 is 0. The lowest BCUT2D eigenvalue weighted by Crippen LogP contribution is -2.28. The topological polar surface area (TPSA) is 65.1 Å². The third-order valence-corrected chi connectivity index (χ3v) is 3.56. The Morgan fingerprint density at radius 1 is 1.33 bits per heavy atom. The molecule has 0 spiro atoms. The predicted octanol–water partition coefficient (Wildman–Crippen LogP) is 1.41. The maximum atomic E-state index is 8.12. The summed E-state index contributed by atoms with van der Waals surface area (Å²) in [5.74, 6) is 0. The zero-order chi connectivity index (χ0) is 13.1. The number of carbonyl (C=O) groups excluding carboxylic acids is 2. The van der Waals surface area contributed by atoms with Crippen LogP contribution in [0.4, 0.5) is 0 Å². The fraction of sp³-hybridized carbons (Fsp3) is 0.357. The van der Waals surface area contributed by atoms with Gasteiger partial charge in [0.25, 0.3) is 0 Å². The van der Waals surface area contributed by atoms with Gasteiger partial charge in [-0.1, -0.05) is 18.2 Å². The van der Waals surface area contributed by atoms with Gasteiger partial charge in [0.2, 0.25) is 0 Å². The van der Waals surface area contributed by atoms with E-state index in [1.54, 1.807) is 0 Å². The molecule has 18 heavy (non-hydrogen) atoms. The Labute approximate surface area is 105 Å². The van der Waals surface area contributed by atoms with Crippen LogP contribution in [0.5, 0.6) is 0 Å². The number of aryl methyl sites for hydroxylation is 1. The van der Waals surface area contributed by atoms with Gasteiger partial charge in [-0.2, -0.15) is 9.59 Å². The number of nitrogens with two attached hydrogens (primary N) is 1. The average Bonchev–Trinajstić information content (AvgIpc) is 2.65. The van der Waals surface area contributed by atoms with Crippen molar-refractivity contribution in [1.82, 2.24) is 4.57 Å². The molecule has 1 aromatic carbocycles. The lowest BCUT2D eigenvalue weighted by Gasteiger charge is -2.19. The number of nitrogens with zero attached hydrogens (tertiary/aromatic N) is 1. The highest BCUT2D eigenvalue weighted by molar-refractivity contribution is 5.85. The molecule has 2 N–H and O–H groups in total. The zero-order valence-corrected chi connectivity index (χ0v) is 10.3. The normalized spacial score (nSPS) is 17.6. The number of rotatable bonds is 0. The SMILES string of the molecule is Cn1c2c(c3ccccc31)C[C@@H](N)CC2.O=C=O. The molecule has 1 aliphatic rings. The maximum Gasteiger partial charge on any atom is 0.373 e. The minimum absolute atomic E-state index is 0.250. The molecule has 1 aliphatic carbocycles. The molecule has 0 fully saturated rings. The van der Waals surface area contributed by atoms with Crippen molar-refractivity contribution in [2.24, 2.45) is 12.8 Å². The van der Waals surface area contributed by atoms with E-state index < -0.39 is 0 Å². The summed E-state index contributed by atoms with van der Waals surface area (Å²) in [5.41, 5.74) is 10.3. The second-order valence-electron chi connectivity index (χ2n) is 4.59. The van der Waals surface area contributed by atoms with E-state index >= 15 is 0 Å². The van der Waals surface area contributed by atoms with Crippen LogP contribution in [0.1, 0.15) is 17.7 Å². The van der Waals surface area contributed by atoms with E-state index in [2.05, 4.69) is 35.9 Å². The molecular weight excluding hydrogens is 228 g/mol. The molecule has 0 unspecified atom stereocenters. The standard InChI is InChI=1S/C13H16N2.CO2/c1-15-12-5-3-2-4-10(12)11-8-9(14)6-7-13(11)15;2-1-3/h2-5,9H,6-8,14H2,1H3;/t9-;/m0./s1. The summed E-state index contributed by atoms with van der Waals surface area (Å²) in [7, 11) is 2.16. The largest absolute Gasteiger partial charge is 0.373 e. The van der Waals surface area contributed by atoms with E-state index in [0.717, 1.165) is 19.3 Å². The van der Waals surface area contributed by atoms with Gasteiger partial charge in [0.15, 0.2) is 0 Å². The van der Waals surface area contributed by atoms with Gasteiger partial charge in [-0.05, 0) is 30.9 Å². The Morgan fingerprint density at radius 2 is 2.00 bits per heavy atom. The van der Waals surface area contributed by atoms with E-state index in [-0.39, 0.29) is 6.15 Å². The molecule has 0 aliphatic heterocycles. The van der Waals surface area contributed by atoms with Crippen molar-refractivity contribution >= 4 is 17.1 Å². The molecule has 1 atom stereocenters. The lowest BCUT2D eigenvalue weighted by atomic mass is 9.92. The van der Waals surface area contributed by atoms with Crippen LogP contribution in [0.15, 0.2) is 24.3 Å². The molecule has 0 saturated carbocycles. The summed E-state index contributed by atoms with van der Waals surface area (Å²) in [6.45, 7) is 0. The van der Waals surface area contributed by atoms with Gasteiger partial charge < -0.3 is 10.3 Å². The fourth-order valence-electron chi connectivity index (χ4n) is 2.76. The van der Waals surface area contributed by atoms with Crippen LogP contribution in [0.25, 0.3) is 10.9 Å². The van der Waals surface area contributed by atoms with E-state index in [0.29, 0.717) is 6.04 Å². The quantitative estimate of drug-likeness (QED) is 0.762. The minimum Gasteiger partial charge on any atom is -0.347 e. The molecule has 3 rings (SSSR count). The average molecular weight is 244 g/mol. The first-order chi connectivity index (χ1) is 8.69. The summed E-state index contributed by atoms with van der Waals surface area (Å²) in [6, 6.07) is 8.98. The number of fused-ring (bicyclic) bond motifs is 3. The highest BCUT2D eigenvalue weighted by Gasteiger charge is 2.21. The molecule has 0 bridgehead atoms. The molecule has 0 saturated heterocycles. The van der Waals surface area contributed by atoms with Crippen LogP contribution in [-0.4, -0.2) is 16.8 Å². The third-order valence-electron chi connectivity index (χ3n) is 3.56. The van der Waals surface area contributed by atoms with Gasteiger partial charge >= 0.3 is 6.15 Å². The first-order valence-electron chi connectivity index (χ1n) is 5.99. The lowest BCUT2D eigenvalue weighted by molar-refractivity contribution is -0.191. The number of aromatic nitrogens is 1. The fourth-order valence-corrected chi connectivity index (χ4v) is 2.76. The smallest absolute Gasteiger partial charge is 0.347 e. The Kier molecular flexibility index (Phi) is 3.60. The molecular formula is C14H16N2O2. The number of hydrogen-bond donors (Lipinski definition) is 1. The highest BCUT2D eigenvalue weighted by atomic mass is 16.2. The Morgan fingerprint density at radius 3 is 2.72 bits per heavy atom. The van der Waals surface area contributed by atoms with Crippen LogP contribution in [0.3, 0.4) is 0 Å². The van der Waals surface area contributed by atoms with E-state index in [9.17, 15) is 0 Å². The van der Waals surface area contributed by atoms with Crippen molar-refractivity contribution in [2.75, 3.05) is 0 Å². The Hall–Kier alpha value is -1.90. The van der Waals surface area contributed by atoms with Crippen molar-refractivity contribution in [1.29, 1.82) is 0 Å². The second kappa shape index (κ2) is 5.17. The first kappa shape index (κ1) is 12.6. The molecule has 1 heterocycles. The Bertz CT molecular complexity index is 595. The second-order valence-corrected chi connectivity index (χ2v) is 4.59. The van der Waals surface area contributed by atoms with Gasteiger partial charge in [-0.25, -0.2) is 0 Å². The molecule has 1 aromatic heterocycles. The number of para-hydroxylation sites is 1. The van der Waals surface area contributed by atoms with E-state index in [1.807, 2.05) is 0 Å². The summed E-state index contributed by atoms with van der Waals surface area (Å²) in [6.07, 6.45) is 3.54. The van der Waals surface area contributed by atoms with Gasteiger partial charge in [0, 0.05) is 29.7 Å². The van der Waals surface area contributed by atoms with Crippen LogP contribution in [0, 0.1) is 0 Å². The molecule has 0 amide bonds. The van der Waals surface area contributed by atoms with Crippen molar-refractivity contribution in [3.8, 4) is 0 Å². The number of benzene rings is 1. The van der Waals surface area contributed by atoms with Crippen LogP contribution < -0.4 is 5.73 Å². The third kappa shape index (κ3) is 2.08. The van der Waals surface area contributed by atoms with E-state index in [1.165, 1.54) is 22.2 Å². The van der Waals surface area contributed by atoms with E-state index in [4.69, 9.17) is 15.3 Å². The summed E-state index contributed by atoms with van der Waals surface area (Å²) < 4.78 is 2.33. The monoisotopic (exact) mass is 244 g/mol. The number of hydrogen-bond acceptors (Lipinski definition) is 3. The maximum absolute atomic E-state index is 8.12. The van der Waals surface area contributed by atoms with Crippen LogP contribution in [-0.2, 0) is 29.5 Å². The van der Waals surface area contributed by atoms with Crippen LogP contribution in [0.2, 0.25) is 0 Å². The summed E-state index contributed by atoms with van der Waals surface area (Å²) in [5, 5.41) is 1.39. The Balaban J connectivity index is 0.000000367. The molecule has 2 aromatic rings. The minimum atomic E-state index is 0.250. The molecule has 0 radical (unpaired) electrons. The predicted molar refractivity (Wildman–Crippen MR) is 67.9 cm³/mol. The molecule has 94 valence electrons. The van der Waals surface area contributed by atoms with Crippen LogP contribution >= 0.6 is 0 Å². The highest BCUT2D eigenvalue weighted by Crippen LogP contribution is 2.30.